The van der Waals surface area contributed by atoms with Crippen molar-refractivity contribution in [2.45, 2.75) is 25.4 Å². The molecule has 0 bridgehead atoms. The lowest BCUT2D eigenvalue weighted by molar-refractivity contribution is -0.134. The summed E-state index contributed by atoms with van der Waals surface area (Å²) in [5, 5.41) is 9.09. The van der Waals surface area contributed by atoms with Crippen LogP contribution in [0.3, 0.4) is 0 Å². The second-order valence-corrected chi connectivity index (χ2v) is 8.33. The lowest BCUT2D eigenvalue weighted by Crippen LogP contribution is -2.36. The smallest absolute Gasteiger partial charge is 0.261 e. The van der Waals surface area contributed by atoms with E-state index in [2.05, 4.69) is 26.1 Å². The number of aromatic nitrogens is 2. The van der Waals surface area contributed by atoms with Crippen LogP contribution >= 0.6 is 39.1 Å². The van der Waals surface area contributed by atoms with E-state index in [1.807, 2.05) is 12.1 Å². The molecule has 6 nitrogen and oxygen atoms in total. The molecule has 0 atom stereocenters. The predicted octanol–water partition coefficient (Wildman–Crippen LogP) is 5.38. The standard InChI is InChI=1S/C20H16BrCl2N3O3/c21-12-5-8-17(16(23)9-12)28-11-19(27)26(13-6-7-13)10-18-24-25-20(29-18)14-3-1-2-4-15(14)22/h1-5,8-9,13H,6-7,10-11H2. The number of amides is 1. The number of carbonyl (C=O) groups is 1. The largest absolute Gasteiger partial charge is 0.482 e. The van der Waals surface area contributed by atoms with Crippen molar-refractivity contribution in [2.75, 3.05) is 6.61 Å². The van der Waals surface area contributed by atoms with Gasteiger partial charge in [0, 0.05) is 10.5 Å². The maximum atomic E-state index is 12.7. The van der Waals surface area contributed by atoms with Crippen LogP contribution in [0.25, 0.3) is 11.5 Å². The minimum atomic E-state index is -0.163. The summed E-state index contributed by atoms with van der Waals surface area (Å²) in [7, 11) is 0. The topological polar surface area (TPSA) is 68.5 Å². The molecule has 1 aliphatic carbocycles. The fourth-order valence-electron chi connectivity index (χ4n) is 2.83. The molecule has 0 N–H and O–H groups in total. The van der Waals surface area contributed by atoms with Gasteiger partial charge in [-0.25, -0.2) is 0 Å². The summed E-state index contributed by atoms with van der Waals surface area (Å²) in [6, 6.07) is 12.6. The van der Waals surface area contributed by atoms with E-state index in [1.165, 1.54) is 0 Å². The van der Waals surface area contributed by atoms with Crippen molar-refractivity contribution >= 4 is 45.0 Å². The van der Waals surface area contributed by atoms with Gasteiger partial charge in [-0.15, -0.1) is 10.2 Å². The molecule has 1 saturated carbocycles. The van der Waals surface area contributed by atoms with Crippen LogP contribution in [0.1, 0.15) is 18.7 Å². The Morgan fingerprint density at radius 2 is 1.97 bits per heavy atom. The number of rotatable bonds is 7. The summed E-state index contributed by atoms with van der Waals surface area (Å²) >= 11 is 15.7. The molecule has 0 unspecified atom stereocenters. The van der Waals surface area contributed by atoms with Crippen LogP contribution in [0.2, 0.25) is 10.0 Å². The molecule has 2 aromatic carbocycles. The summed E-state index contributed by atoms with van der Waals surface area (Å²) in [5.41, 5.74) is 0.658. The highest BCUT2D eigenvalue weighted by molar-refractivity contribution is 9.10. The molecule has 1 aromatic heterocycles. The number of hydrogen-bond donors (Lipinski definition) is 0. The highest BCUT2D eigenvalue weighted by Gasteiger charge is 2.34. The number of benzene rings is 2. The third kappa shape index (κ3) is 4.91. The molecule has 29 heavy (non-hydrogen) atoms. The average molecular weight is 497 g/mol. The summed E-state index contributed by atoms with van der Waals surface area (Å²) in [6.07, 6.45) is 1.88. The minimum absolute atomic E-state index is 0.122. The molecular formula is C20H16BrCl2N3O3. The molecular weight excluding hydrogens is 481 g/mol. The summed E-state index contributed by atoms with van der Waals surface area (Å²) < 4.78 is 12.2. The number of carbonyl (C=O) groups excluding carboxylic acids is 1. The van der Waals surface area contributed by atoms with Gasteiger partial charge in [-0.1, -0.05) is 51.3 Å². The van der Waals surface area contributed by atoms with Gasteiger partial charge in [0.05, 0.1) is 22.2 Å². The minimum Gasteiger partial charge on any atom is -0.482 e. The first-order valence-corrected chi connectivity index (χ1v) is 10.5. The van der Waals surface area contributed by atoms with E-state index in [9.17, 15) is 4.79 Å². The quantitative estimate of drug-likeness (QED) is 0.439. The van der Waals surface area contributed by atoms with Crippen LogP contribution in [0, 0.1) is 0 Å². The van der Waals surface area contributed by atoms with Crippen LogP contribution in [0.5, 0.6) is 5.75 Å². The van der Waals surface area contributed by atoms with E-state index in [4.69, 9.17) is 32.4 Å². The lowest BCUT2D eigenvalue weighted by atomic mass is 10.2. The van der Waals surface area contributed by atoms with E-state index >= 15 is 0 Å². The Labute approximate surface area is 185 Å². The molecule has 1 amide bonds. The van der Waals surface area contributed by atoms with E-state index in [0.717, 1.165) is 17.3 Å². The first-order chi connectivity index (χ1) is 14.0. The number of ether oxygens (including phenoxy) is 1. The van der Waals surface area contributed by atoms with Gasteiger partial charge in [-0.3, -0.25) is 4.79 Å². The van der Waals surface area contributed by atoms with Crippen LogP contribution in [-0.2, 0) is 11.3 Å². The van der Waals surface area contributed by atoms with E-state index in [0.29, 0.717) is 33.1 Å². The van der Waals surface area contributed by atoms with Crippen LogP contribution in [0.4, 0.5) is 0 Å². The fourth-order valence-corrected chi connectivity index (χ4v) is 3.77. The van der Waals surface area contributed by atoms with Gasteiger partial charge in [0.25, 0.3) is 5.91 Å². The molecule has 0 aliphatic heterocycles. The van der Waals surface area contributed by atoms with Crippen LogP contribution in [0.15, 0.2) is 51.4 Å². The first-order valence-electron chi connectivity index (χ1n) is 8.96. The first kappa shape index (κ1) is 20.2. The van der Waals surface area contributed by atoms with Crippen LogP contribution in [-0.4, -0.2) is 33.7 Å². The van der Waals surface area contributed by atoms with Crippen molar-refractivity contribution in [1.82, 2.24) is 15.1 Å². The Kier molecular flexibility index (Phi) is 6.08. The predicted molar refractivity (Wildman–Crippen MR) is 113 cm³/mol. The summed E-state index contributed by atoms with van der Waals surface area (Å²) in [4.78, 5) is 14.5. The average Bonchev–Trinajstić information content (AvgIpc) is 3.43. The lowest BCUT2D eigenvalue weighted by Gasteiger charge is -2.20. The molecule has 3 aromatic rings. The zero-order valence-corrected chi connectivity index (χ0v) is 18.2. The monoisotopic (exact) mass is 495 g/mol. The van der Waals surface area contributed by atoms with E-state index < -0.39 is 0 Å². The van der Waals surface area contributed by atoms with Gasteiger partial charge in [-0.05, 0) is 43.2 Å². The Morgan fingerprint density at radius 3 is 2.69 bits per heavy atom. The Bertz CT molecular complexity index is 1040. The van der Waals surface area contributed by atoms with Crippen molar-refractivity contribution in [3.05, 3.63) is 62.9 Å². The van der Waals surface area contributed by atoms with E-state index in [1.54, 1.807) is 35.2 Å². The molecule has 1 aliphatic rings. The van der Waals surface area contributed by atoms with Crippen molar-refractivity contribution < 1.29 is 13.9 Å². The summed E-state index contributed by atoms with van der Waals surface area (Å²) in [5.74, 6) is 0.968. The maximum Gasteiger partial charge on any atom is 0.261 e. The van der Waals surface area contributed by atoms with Gasteiger partial charge in [0.1, 0.15) is 5.75 Å². The molecule has 9 heteroatoms. The Morgan fingerprint density at radius 1 is 1.17 bits per heavy atom. The molecule has 1 fully saturated rings. The van der Waals surface area contributed by atoms with Gasteiger partial charge in [0.2, 0.25) is 11.8 Å². The molecule has 0 spiro atoms. The van der Waals surface area contributed by atoms with Crippen LogP contribution < -0.4 is 4.74 Å². The van der Waals surface area contributed by atoms with Crippen molar-refractivity contribution in [3.8, 4) is 17.2 Å². The zero-order valence-electron chi connectivity index (χ0n) is 15.1. The van der Waals surface area contributed by atoms with Crippen molar-refractivity contribution in [1.29, 1.82) is 0 Å². The van der Waals surface area contributed by atoms with Gasteiger partial charge < -0.3 is 14.1 Å². The third-order valence-electron chi connectivity index (χ3n) is 4.43. The number of hydrogen-bond acceptors (Lipinski definition) is 5. The van der Waals surface area contributed by atoms with Gasteiger partial charge in [0.15, 0.2) is 6.61 Å². The highest BCUT2D eigenvalue weighted by Crippen LogP contribution is 2.31. The third-order valence-corrected chi connectivity index (χ3v) is 5.55. The highest BCUT2D eigenvalue weighted by atomic mass is 79.9. The number of nitrogens with zero attached hydrogens (tertiary/aromatic N) is 3. The van der Waals surface area contributed by atoms with Gasteiger partial charge >= 0.3 is 0 Å². The van der Waals surface area contributed by atoms with Crippen molar-refractivity contribution in [3.63, 3.8) is 0 Å². The maximum absolute atomic E-state index is 12.7. The molecule has 0 saturated heterocycles. The Hall–Kier alpha value is -2.09. The zero-order chi connectivity index (χ0) is 20.4. The Balaban J connectivity index is 1.43. The molecule has 150 valence electrons. The van der Waals surface area contributed by atoms with Crippen molar-refractivity contribution in [2.24, 2.45) is 0 Å². The normalized spacial score (nSPS) is 13.3. The number of halogens is 3. The fraction of sp³-hybridized carbons (Fsp3) is 0.250. The van der Waals surface area contributed by atoms with E-state index in [-0.39, 0.29) is 25.1 Å². The second kappa shape index (κ2) is 8.73. The summed E-state index contributed by atoms with van der Waals surface area (Å²) in [6.45, 7) is 0.0990. The van der Waals surface area contributed by atoms with Gasteiger partial charge in [-0.2, -0.15) is 0 Å². The molecule has 0 radical (unpaired) electrons. The molecule has 1 heterocycles. The second-order valence-electron chi connectivity index (χ2n) is 6.60. The molecule has 4 rings (SSSR count). The SMILES string of the molecule is O=C(COc1ccc(Br)cc1Cl)N(Cc1nnc(-c2ccccc2Cl)o1)C1CC1.